The number of aromatic nitrogens is 4. The van der Waals surface area contributed by atoms with Crippen LogP contribution in [0.3, 0.4) is 0 Å². The Morgan fingerprint density at radius 3 is 2.77 bits per heavy atom. The molecule has 0 aromatic carbocycles. The molecule has 9 nitrogen and oxygen atoms in total. The highest BCUT2D eigenvalue weighted by Gasteiger charge is 2.12. The van der Waals surface area contributed by atoms with Gasteiger partial charge in [-0.2, -0.15) is 0 Å². The Bertz CT molecular complexity index is 894. The van der Waals surface area contributed by atoms with E-state index in [9.17, 15) is 0 Å². The molecule has 0 unspecified atom stereocenters. The van der Waals surface area contributed by atoms with Crippen LogP contribution in [0.1, 0.15) is 12.1 Å². The van der Waals surface area contributed by atoms with E-state index in [1.54, 1.807) is 24.0 Å². The Balaban J connectivity index is 1.93. The predicted octanol–water partition coefficient (Wildman–Crippen LogP) is 1.95. The largest absolute Gasteiger partial charge is 0.492 e. The van der Waals surface area contributed by atoms with E-state index in [-0.39, 0.29) is 0 Å². The van der Waals surface area contributed by atoms with Gasteiger partial charge in [-0.05, 0) is 19.9 Å². The Kier molecular flexibility index (Phi) is 5.37. The molecule has 0 fully saturated rings. The fraction of sp³-hybridized carbons (Fsp3) is 0.353. The highest BCUT2D eigenvalue weighted by Crippen LogP contribution is 2.30. The van der Waals surface area contributed by atoms with E-state index in [1.807, 2.05) is 26.1 Å². The van der Waals surface area contributed by atoms with Gasteiger partial charge in [0.2, 0.25) is 5.88 Å². The standard InChI is InChI=1S/C17H23N7O2/c1-11-9-20-16-13(19-2)8-15(23-24(11)16)22-14-7-12(26-6-4-5-18)10-21-17(14)25-3/h7-10,19H,4-6,18H2,1-3H3,(H,22,23). The number of nitrogens with two attached hydrogens (primary N) is 1. The van der Waals surface area contributed by atoms with E-state index in [0.29, 0.717) is 36.3 Å². The molecule has 3 aromatic rings. The molecule has 3 rings (SSSR count). The average Bonchev–Trinajstić information content (AvgIpc) is 3.03. The van der Waals surface area contributed by atoms with Gasteiger partial charge in [0.1, 0.15) is 11.4 Å². The van der Waals surface area contributed by atoms with Gasteiger partial charge < -0.3 is 25.8 Å². The first-order valence-electron chi connectivity index (χ1n) is 8.33. The molecule has 0 saturated carbocycles. The maximum atomic E-state index is 5.66. The number of ether oxygens (including phenoxy) is 2. The van der Waals surface area contributed by atoms with E-state index < -0.39 is 0 Å². The third-order valence-corrected chi connectivity index (χ3v) is 3.81. The van der Waals surface area contributed by atoms with Gasteiger partial charge in [-0.1, -0.05) is 0 Å². The molecule has 3 heterocycles. The average molecular weight is 357 g/mol. The second-order valence-electron chi connectivity index (χ2n) is 5.67. The topological polar surface area (TPSA) is 112 Å². The van der Waals surface area contributed by atoms with Crippen molar-refractivity contribution < 1.29 is 9.47 Å². The monoisotopic (exact) mass is 357 g/mol. The summed E-state index contributed by atoms with van der Waals surface area (Å²) in [6, 6.07) is 3.71. The smallest absolute Gasteiger partial charge is 0.237 e. The number of methoxy groups -OCH3 is 1. The second-order valence-corrected chi connectivity index (χ2v) is 5.67. The molecule has 138 valence electrons. The second kappa shape index (κ2) is 7.87. The Labute approximate surface area is 151 Å². The molecule has 0 aliphatic rings. The van der Waals surface area contributed by atoms with Crippen molar-refractivity contribution in [3.8, 4) is 11.6 Å². The number of fused-ring (bicyclic) bond motifs is 1. The zero-order valence-corrected chi connectivity index (χ0v) is 15.1. The highest BCUT2D eigenvalue weighted by molar-refractivity contribution is 5.73. The van der Waals surface area contributed by atoms with E-state index >= 15 is 0 Å². The minimum atomic E-state index is 0.450. The van der Waals surface area contributed by atoms with E-state index in [0.717, 1.165) is 23.4 Å². The van der Waals surface area contributed by atoms with Crippen molar-refractivity contribution in [1.29, 1.82) is 0 Å². The van der Waals surface area contributed by atoms with Crippen LogP contribution in [0.2, 0.25) is 0 Å². The number of anilines is 3. The molecule has 0 amide bonds. The number of rotatable bonds is 8. The predicted molar refractivity (Wildman–Crippen MR) is 101 cm³/mol. The van der Waals surface area contributed by atoms with Gasteiger partial charge in [0.15, 0.2) is 11.5 Å². The number of hydrogen-bond acceptors (Lipinski definition) is 8. The van der Waals surface area contributed by atoms with Crippen LogP contribution in [0, 0.1) is 6.92 Å². The van der Waals surface area contributed by atoms with E-state index in [4.69, 9.17) is 15.2 Å². The molecule has 0 spiro atoms. The quantitative estimate of drug-likeness (QED) is 0.525. The summed E-state index contributed by atoms with van der Waals surface area (Å²) in [7, 11) is 3.41. The molecular formula is C17H23N7O2. The normalized spacial score (nSPS) is 10.8. The van der Waals surface area contributed by atoms with Crippen LogP contribution < -0.4 is 25.8 Å². The number of nitrogens with zero attached hydrogens (tertiary/aromatic N) is 4. The third kappa shape index (κ3) is 3.62. The van der Waals surface area contributed by atoms with Crippen LogP contribution >= 0.6 is 0 Å². The number of nitrogens with one attached hydrogen (secondary N) is 2. The first-order valence-corrected chi connectivity index (χ1v) is 8.33. The summed E-state index contributed by atoms with van der Waals surface area (Å²) in [6.07, 6.45) is 4.18. The van der Waals surface area contributed by atoms with Crippen LogP contribution in [-0.2, 0) is 0 Å². The lowest BCUT2D eigenvalue weighted by Gasteiger charge is -2.13. The molecule has 0 saturated heterocycles. The molecule has 4 N–H and O–H groups in total. The van der Waals surface area contributed by atoms with Crippen molar-refractivity contribution in [1.82, 2.24) is 19.6 Å². The van der Waals surface area contributed by atoms with Crippen LogP contribution in [0.25, 0.3) is 5.65 Å². The fourth-order valence-electron chi connectivity index (χ4n) is 2.50. The third-order valence-electron chi connectivity index (χ3n) is 3.81. The molecule has 0 radical (unpaired) electrons. The van der Waals surface area contributed by atoms with Crippen molar-refractivity contribution in [3.05, 3.63) is 30.2 Å². The van der Waals surface area contributed by atoms with E-state index in [2.05, 4.69) is 25.7 Å². The summed E-state index contributed by atoms with van der Waals surface area (Å²) in [5.41, 5.74) is 8.71. The van der Waals surface area contributed by atoms with Crippen molar-refractivity contribution in [3.63, 3.8) is 0 Å². The lowest BCUT2D eigenvalue weighted by atomic mass is 10.3. The van der Waals surface area contributed by atoms with Gasteiger partial charge in [0.05, 0.1) is 37.5 Å². The summed E-state index contributed by atoms with van der Waals surface area (Å²) in [4.78, 5) is 8.65. The van der Waals surface area contributed by atoms with Gasteiger partial charge in [0, 0.05) is 19.2 Å². The van der Waals surface area contributed by atoms with Crippen LogP contribution in [0.4, 0.5) is 17.2 Å². The maximum Gasteiger partial charge on any atom is 0.237 e. The Morgan fingerprint density at radius 1 is 1.19 bits per heavy atom. The van der Waals surface area contributed by atoms with Crippen molar-refractivity contribution in [2.24, 2.45) is 5.73 Å². The maximum absolute atomic E-state index is 5.66. The van der Waals surface area contributed by atoms with Crippen LogP contribution in [-0.4, -0.2) is 46.9 Å². The molecule has 0 aliphatic carbocycles. The zero-order valence-electron chi connectivity index (χ0n) is 15.1. The number of pyridine rings is 1. The summed E-state index contributed by atoms with van der Waals surface area (Å²) in [5, 5.41) is 11.0. The van der Waals surface area contributed by atoms with Gasteiger partial charge in [-0.15, -0.1) is 5.10 Å². The molecule has 9 heteroatoms. The van der Waals surface area contributed by atoms with Crippen LogP contribution in [0.5, 0.6) is 11.6 Å². The Hall–Kier alpha value is -3.07. The first kappa shape index (κ1) is 17.7. The summed E-state index contributed by atoms with van der Waals surface area (Å²) >= 11 is 0. The molecule has 3 aromatic heterocycles. The molecule has 0 aliphatic heterocycles. The van der Waals surface area contributed by atoms with Crippen LogP contribution in [0.15, 0.2) is 24.5 Å². The minimum Gasteiger partial charge on any atom is -0.492 e. The lowest BCUT2D eigenvalue weighted by molar-refractivity contribution is 0.310. The zero-order chi connectivity index (χ0) is 18.5. The Morgan fingerprint density at radius 2 is 2.04 bits per heavy atom. The van der Waals surface area contributed by atoms with Crippen molar-refractivity contribution in [2.45, 2.75) is 13.3 Å². The van der Waals surface area contributed by atoms with Gasteiger partial charge in [-0.25, -0.2) is 14.5 Å². The first-order chi connectivity index (χ1) is 12.7. The summed E-state index contributed by atoms with van der Waals surface area (Å²) < 4.78 is 12.8. The van der Waals surface area contributed by atoms with Gasteiger partial charge in [-0.3, -0.25) is 0 Å². The van der Waals surface area contributed by atoms with Crippen molar-refractivity contribution >= 4 is 22.8 Å². The highest BCUT2D eigenvalue weighted by atomic mass is 16.5. The molecule has 0 bridgehead atoms. The summed E-state index contributed by atoms with van der Waals surface area (Å²) in [5.74, 6) is 1.71. The number of aryl methyl sites for hydroxylation is 1. The lowest BCUT2D eigenvalue weighted by Crippen LogP contribution is -2.07. The molecule has 0 atom stereocenters. The van der Waals surface area contributed by atoms with Gasteiger partial charge >= 0.3 is 0 Å². The van der Waals surface area contributed by atoms with Crippen molar-refractivity contribution in [2.75, 3.05) is 37.9 Å². The SMILES string of the molecule is CNc1cc(Nc2cc(OCCCN)cnc2OC)nn2c(C)cnc12. The van der Waals surface area contributed by atoms with Gasteiger partial charge in [0.25, 0.3) is 0 Å². The fourth-order valence-corrected chi connectivity index (χ4v) is 2.50. The molecule has 26 heavy (non-hydrogen) atoms. The number of hydrogen-bond donors (Lipinski definition) is 3. The summed E-state index contributed by atoms with van der Waals surface area (Å²) in [6.45, 7) is 3.06. The number of imidazole rings is 1. The minimum absolute atomic E-state index is 0.450. The molecular weight excluding hydrogens is 334 g/mol. The van der Waals surface area contributed by atoms with E-state index in [1.165, 1.54) is 0 Å².